The third-order valence-electron chi connectivity index (χ3n) is 12.8. The van der Waals surface area contributed by atoms with Crippen molar-refractivity contribution in [3.05, 3.63) is 218 Å². The van der Waals surface area contributed by atoms with E-state index in [1.165, 1.54) is 86.2 Å². The number of anilines is 6. The maximum atomic E-state index is 2.52. The van der Waals surface area contributed by atoms with Crippen molar-refractivity contribution < 1.29 is 0 Å². The molecule has 0 aliphatic rings. The first kappa shape index (κ1) is 33.1. The summed E-state index contributed by atoms with van der Waals surface area (Å²) in [6.45, 7) is 0. The first-order valence-corrected chi connectivity index (χ1v) is 20.8. The minimum absolute atomic E-state index is 1.11. The molecule has 2 heteroatoms. The molecule has 13 aromatic rings. The minimum Gasteiger partial charge on any atom is -0.309 e. The molecule has 0 fully saturated rings. The van der Waals surface area contributed by atoms with Gasteiger partial charge in [0.25, 0.3) is 0 Å². The summed E-state index contributed by atoms with van der Waals surface area (Å²) in [4.78, 5) is 5.03. The fourth-order valence-electron chi connectivity index (χ4n) is 10.3. The third kappa shape index (κ3) is 4.70. The van der Waals surface area contributed by atoms with Crippen LogP contribution in [0.5, 0.6) is 0 Å². The van der Waals surface area contributed by atoms with E-state index >= 15 is 0 Å². The summed E-state index contributed by atoms with van der Waals surface area (Å²) in [6.07, 6.45) is 0. The molecule has 13 aromatic carbocycles. The molecule has 0 radical (unpaired) electrons. The highest BCUT2D eigenvalue weighted by Crippen LogP contribution is 2.54. The molecule has 13 rings (SSSR count). The van der Waals surface area contributed by atoms with Gasteiger partial charge in [0.15, 0.2) is 0 Å². The van der Waals surface area contributed by atoms with Gasteiger partial charge in [-0.1, -0.05) is 182 Å². The van der Waals surface area contributed by atoms with Crippen LogP contribution in [0.4, 0.5) is 34.1 Å². The van der Waals surface area contributed by atoms with Crippen LogP contribution in [0, 0.1) is 0 Å². The van der Waals surface area contributed by atoms with Gasteiger partial charge in [-0.3, -0.25) is 0 Å². The van der Waals surface area contributed by atoms with E-state index in [9.17, 15) is 0 Å². The van der Waals surface area contributed by atoms with Crippen LogP contribution in [-0.2, 0) is 0 Å². The van der Waals surface area contributed by atoms with E-state index in [2.05, 4.69) is 228 Å². The van der Waals surface area contributed by atoms with Crippen LogP contribution in [0.3, 0.4) is 0 Å². The number of benzene rings is 13. The van der Waals surface area contributed by atoms with Gasteiger partial charge in [-0.2, -0.15) is 0 Å². The lowest BCUT2D eigenvalue weighted by molar-refractivity contribution is 1.31. The minimum atomic E-state index is 1.11. The van der Waals surface area contributed by atoms with Crippen molar-refractivity contribution in [3.8, 4) is 0 Å². The van der Waals surface area contributed by atoms with Gasteiger partial charge in [-0.05, 0) is 90.3 Å². The predicted octanol–water partition coefficient (Wildman–Crippen LogP) is 16.7. The van der Waals surface area contributed by atoms with E-state index in [1.807, 2.05) is 0 Å². The Morgan fingerprint density at radius 1 is 0.200 bits per heavy atom. The van der Waals surface area contributed by atoms with E-state index in [0.717, 1.165) is 34.1 Å². The van der Waals surface area contributed by atoms with Gasteiger partial charge in [0, 0.05) is 43.7 Å². The summed E-state index contributed by atoms with van der Waals surface area (Å²) in [5.41, 5.74) is 6.86. The Kier molecular flexibility index (Phi) is 7.05. The number of rotatable bonds is 6. The zero-order valence-electron chi connectivity index (χ0n) is 32.7. The number of nitrogens with zero attached hydrogens (tertiary/aromatic N) is 2. The summed E-state index contributed by atoms with van der Waals surface area (Å²) in [5.74, 6) is 0. The zero-order chi connectivity index (χ0) is 39.3. The number of fused-ring (bicyclic) bond motifs is 2. The molecule has 60 heavy (non-hydrogen) atoms. The summed E-state index contributed by atoms with van der Waals surface area (Å²) in [7, 11) is 0. The van der Waals surface area contributed by atoms with Gasteiger partial charge < -0.3 is 9.80 Å². The molecule has 0 saturated carbocycles. The Bertz CT molecular complexity index is 3440. The number of hydrogen-bond acceptors (Lipinski definition) is 2. The SMILES string of the molecule is c1ccc(N(c2c3ccccc3c(N(c3ccccc3)c3ccc4ccc5cccc6ccc3c4c56)c3ccccc23)c2ccc3ccc4cccc5ccc2c3c45)cc1. The highest BCUT2D eigenvalue weighted by Gasteiger charge is 2.27. The van der Waals surface area contributed by atoms with Crippen molar-refractivity contribution in [3.63, 3.8) is 0 Å². The van der Waals surface area contributed by atoms with Crippen molar-refractivity contribution in [2.75, 3.05) is 9.80 Å². The van der Waals surface area contributed by atoms with Gasteiger partial charge in [0.1, 0.15) is 0 Å². The normalized spacial score (nSPS) is 12.0. The molecule has 0 aliphatic carbocycles. The van der Waals surface area contributed by atoms with Crippen LogP contribution < -0.4 is 9.80 Å². The molecule has 0 bridgehead atoms. The van der Waals surface area contributed by atoms with Crippen molar-refractivity contribution in [2.45, 2.75) is 0 Å². The lowest BCUT2D eigenvalue weighted by Crippen LogP contribution is -2.15. The molecule has 0 N–H and O–H groups in total. The Morgan fingerprint density at radius 2 is 0.500 bits per heavy atom. The number of para-hydroxylation sites is 2. The molecule has 0 amide bonds. The first-order valence-electron chi connectivity index (χ1n) is 20.8. The van der Waals surface area contributed by atoms with Crippen molar-refractivity contribution in [1.29, 1.82) is 0 Å². The largest absolute Gasteiger partial charge is 0.309 e. The lowest BCUT2D eigenvalue weighted by Gasteiger charge is -2.34. The topological polar surface area (TPSA) is 6.48 Å². The van der Waals surface area contributed by atoms with Gasteiger partial charge >= 0.3 is 0 Å². The summed E-state index contributed by atoms with van der Waals surface area (Å²) < 4.78 is 0. The van der Waals surface area contributed by atoms with Crippen molar-refractivity contribution >= 4 is 120 Å². The standard InChI is InChI=1S/C58H36N2/c1-3-17-43(18-4-1)59(51-35-31-41-27-25-37-13-11-15-39-29-33-49(51)55(41)53(37)39)57-45-21-7-9-23-47(45)58(48-24-10-8-22-46(48)57)60(44-19-5-2-6-20-44)52-36-32-42-28-26-38-14-12-16-40-30-34-50(52)56(42)54(38)40/h1-36H. The Morgan fingerprint density at radius 3 is 0.867 bits per heavy atom. The molecular weight excluding hydrogens is 725 g/mol. The van der Waals surface area contributed by atoms with E-state index < -0.39 is 0 Å². The van der Waals surface area contributed by atoms with Crippen LogP contribution in [0.1, 0.15) is 0 Å². The van der Waals surface area contributed by atoms with E-state index in [0.29, 0.717) is 0 Å². The van der Waals surface area contributed by atoms with Gasteiger partial charge in [-0.25, -0.2) is 0 Å². The highest BCUT2D eigenvalue weighted by molar-refractivity contribution is 6.30. The molecule has 0 atom stereocenters. The summed E-state index contributed by atoms with van der Waals surface area (Å²) in [5, 5.41) is 20.0. The van der Waals surface area contributed by atoms with Crippen molar-refractivity contribution in [1.82, 2.24) is 0 Å². The monoisotopic (exact) mass is 760 g/mol. The molecule has 0 heterocycles. The average molecular weight is 761 g/mol. The molecule has 0 aromatic heterocycles. The second kappa shape index (κ2) is 12.8. The van der Waals surface area contributed by atoms with E-state index in [1.54, 1.807) is 0 Å². The summed E-state index contributed by atoms with van der Waals surface area (Å²) in [6, 6.07) is 80.8. The average Bonchev–Trinajstić information content (AvgIpc) is 3.32. The molecular formula is C58H36N2. The van der Waals surface area contributed by atoms with Gasteiger partial charge in [0.05, 0.1) is 22.7 Å². The van der Waals surface area contributed by atoms with E-state index in [-0.39, 0.29) is 0 Å². The zero-order valence-corrected chi connectivity index (χ0v) is 32.7. The second-order valence-corrected chi connectivity index (χ2v) is 16.0. The third-order valence-corrected chi connectivity index (χ3v) is 12.8. The lowest BCUT2D eigenvalue weighted by atomic mass is 9.91. The van der Waals surface area contributed by atoms with Gasteiger partial charge in [-0.15, -0.1) is 0 Å². The van der Waals surface area contributed by atoms with Crippen LogP contribution in [0.25, 0.3) is 86.2 Å². The highest BCUT2D eigenvalue weighted by atomic mass is 15.2. The van der Waals surface area contributed by atoms with Crippen LogP contribution in [0.2, 0.25) is 0 Å². The fraction of sp³-hybridized carbons (Fsp3) is 0. The number of hydrogen-bond donors (Lipinski definition) is 0. The van der Waals surface area contributed by atoms with Crippen LogP contribution >= 0.6 is 0 Å². The maximum absolute atomic E-state index is 2.52. The molecule has 2 nitrogen and oxygen atoms in total. The van der Waals surface area contributed by atoms with Crippen LogP contribution in [-0.4, -0.2) is 0 Å². The van der Waals surface area contributed by atoms with Crippen LogP contribution in [0.15, 0.2) is 218 Å². The Labute approximate surface area is 347 Å². The maximum Gasteiger partial charge on any atom is 0.0620 e. The van der Waals surface area contributed by atoms with Gasteiger partial charge in [0.2, 0.25) is 0 Å². The van der Waals surface area contributed by atoms with Crippen molar-refractivity contribution in [2.24, 2.45) is 0 Å². The molecule has 0 aliphatic heterocycles. The Hall–Kier alpha value is -7.94. The quantitative estimate of drug-likeness (QED) is 0.0946. The summed E-state index contributed by atoms with van der Waals surface area (Å²) >= 11 is 0. The molecule has 0 saturated heterocycles. The predicted molar refractivity (Wildman–Crippen MR) is 258 cm³/mol. The fourth-order valence-corrected chi connectivity index (χ4v) is 10.3. The molecule has 278 valence electrons. The smallest absolute Gasteiger partial charge is 0.0620 e. The van der Waals surface area contributed by atoms with E-state index in [4.69, 9.17) is 0 Å². The molecule has 0 unspecified atom stereocenters. The second-order valence-electron chi connectivity index (χ2n) is 16.0. The first-order chi connectivity index (χ1) is 29.8. The molecule has 0 spiro atoms. The Balaban J connectivity index is 1.15.